The lowest BCUT2D eigenvalue weighted by Gasteiger charge is -2.07. The summed E-state index contributed by atoms with van der Waals surface area (Å²) in [6.07, 6.45) is 5.07. The topological polar surface area (TPSA) is 66.9 Å². The molecule has 1 aromatic carbocycles. The lowest BCUT2D eigenvalue weighted by atomic mass is 10.2. The quantitative estimate of drug-likeness (QED) is 0.760. The predicted molar refractivity (Wildman–Crippen MR) is 89.4 cm³/mol. The molecule has 0 saturated heterocycles. The number of rotatable bonds is 5. The predicted octanol–water partition coefficient (Wildman–Crippen LogP) is 3.15. The molecule has 2 N–H and O–H groups in total. The third kappa shape index (κ3) is 4.14. The minimum absolute atomic E-state index is 0.208. The minimum atomic E-state index is -0.208. The molecule has 0 aliphatic rings. The first-order valence-electron chi connectivity index (χ1n) is 7.26. The van der Waals surface area contributed by atoms with E-state index in [4.69, 9.17) is 0 Å². The van der Waals surface area contributed by atoms with Crippen LogP contribution in [0.25, 0.3) is 0 Å². The molecule has 2 heterocycles. The Balaban J connectivity index is 1.59. The molecule has 114 valence electrons. The van der Waals surface area contributed by atoms with Crippen LogP contribution in [0.4, 0.5) is 11.4 Å². The second-order valence-electron chi connectivity index (χ2n) is 4.97. The van der Waals surface area contributed by atoms with Gasteiger partial charge in [-0.2, -0.15) is 0 Å². The largest absolute Gasteiger partial charge is 0.354 e. The van der Waals surface area contributed by atoms with Gasteiger partial charge in [0.05, 0.1) is 11.9 Å². The number of carbonyl (C=O) groups is 1. The summed E-state index contributed by atoms with van der Waals surface area (Å²) in [7, 11) is 0. The zero-order valence-corrected chi connectivity index (χ0v) is 12.4. The minimum Gasteiger partial charge on any atom is -0.354 e. The summed E-state index contributed by atoms with van der Waals surface area (Å²) in [6.45, 7) is 0.429. The van der Waals surface area contributed by atoms with Gasteiger partial charge in [0, 0.05) is 24.6 Å². The van der Waals surface area contributed by atoms with Gasteiger partial charge in [0.1, 0.15) is 5.69 Å². The number of benzene rings is 1. The van der Waals surface area contributed by atoms with Gasteiger partial charge in [-0.15, -0.1) is 0 Å². The average Bonchev–Trinajstić information content (AvgIpc) is 2.62. The van der Waals surface area contributed by atoms with Crippen LogP contribution in [0.3, 0.4) is 0 Å². The maximum absolute atomic E-state index is 12.1. The van der Waals surface area contributed by atoms with E-state index in [1.807, 2.05) is 48.5 Å². The van der Waals surface area contributed by atoms with E-state index in [1.165, 1.54) is 0 Å². The second kappa shape index (κ2) is 7.17. The van der Waals surface area contributed by atoms with Crippen LogP contribution in [0.2, 0.25) is 0 Å². The van der Waals surface area contributed by atoms with E-state index in [0.717, 1.165) is 16.9 Å². The first-order chi connectivity index (χ1) is 11.3. The van der Waals surface area contributed by atoms with Gasteiger partial charge in [0.15, 0.2) is 0 Å². The molecule has 0 radical (unpaired) electrons. The molecule has 0 aliphatic carbocycles. The summed E-state index contributed by atoms with van der Waals surface area (Å²) in [5.74, 6) is -0.208. The molecule has 3 rings (SSSR count). The van der Waals surface area contributed by atoms with Gasteiger partial charge in [-0.05, 0) is 35.9 Å². The number of anilines is 2. The van der Waals surface area contributed by atoms with Crippen molar-refractivity contribution in [1.29, 1.82) is 0 Å². The number of para-hydroxylation sites is 1. The van der Waals surface area contributed by atoms with E-state index < -0.39 is 0 Å². The molecule has 2 aromatic heterocycles. The third-order valence-electron chi connectivity index (χ3n) is 3.23. The molecule has 23 heavy (non-hydrogen) atoms. The second-order valence-corrected chi connectivity index (χ2v) is 4.97. The zero-order chi connectivity index (χ0) is 15.9. The summed E-state index contributed by atoms with van der Waals surface area (Å²) in [6, 6.07) is 17.1. The maximum atomic E-state index is 12.1. The molecule has 5 heteroatoms. The third-order valence-corrected chi connectivity index (χ3v) is 3.23. The molecular formula is C18H16N4O. The Labute approximate surface area is 134 Å². The molecule has 0 spiro atoms. The lowest BCUT2D eigenvalue weighted by molar-refractivity contribution is 0.0946. The van der Waals surface area contributed by atoms with Crippen LogP contribution < -0.4 is 10.6 Å². The monoisotopic (exact) mass is 304 g/mol. The van der Waals surface area contributed by atoms with Gasteiger partial charge in [0.2, 0.25) is 0 Å². The standard InChI is InChI=1S/C18H16N4O/c23-18(21-12-14-5-4-10-19-11-14)17-9-8-16(13-20-17)22-15-6-2-1-3-7-15/h1-11,13,22H,12H2,(H,21,23). The van der Waals surface area contributed by atoms with Crippen LogP contribution in [-0.4, -0.2) is 15.9 Å². The number of carbonyl (C=O) groups excluding carboxylic acids is 1. The SMILES string of the molecule is O=C(NCc1cccnc1)c1ccc(Nc2ccccc2)cn1. The van der Waals surface area contributed by atoms with Crippen LogP contribution in [0.15, 0.2) is 73.2 Å². The number of amides is 1. The zero-order valence-electron chi connectivity index (χ0n) is 12.4. The van der Waals surface area contributed by atoms with Gasteiger partial charge in [-0.1, -0.05) is 24.3 Å². The average molecular weight is 304 g/mol. The van der Waals surface area contributed by atoms with Crippen molar-refractivity contribution in [3.8, 4) is 0 Å². The van der Waals surface area contributed by atoms with Gasteiger partial charge in [-0.3, -0.25) is 9.78 Å². The molecule has 5 nitrogen and oxygen atoms in total. The molecular weight excluding hydrogens is 288 g/mol. The van der Waals surface area contributed by atoms with Crippen LogP contribution in [-0.2, 0) is 6.54 Å². The smallest absolute Gasteiger partial charge is 0.270 e. The highest BCUT2D eigenvalue weighted by molar-refractivity contribution is 5.92. The van der Waals surface area contributed by atoms with Crippen molar-refractivity contribution in [2.24, 2.45) is 0 Å². The van der Waals surface area contributed by atoms with Crippen molar-refractivity contribution < 1.29 is 4.79 Å². The van der Waals surface area contributed by atoms with Crippen molar-refractivity contribution in [3.05, 3.63) is 84.4 Å². The molecule has 0 aliphatic heterocycles. The lowest BCUT2D eigenvalue weighted by Crippen LogP contribution is -2.23. The van der Waals surface area contributed by atoms with Crippen molar-refractivity contribution in [2.45, 2.75) is 6.54 Å². The van der Waals surface area contributed by atoms with E-state index in [0.29, 0.717) is 12.2 Å². The van der Waals surface area contributed by atoms with Crippen LogP contribution >= 0.6 is 0 Å². The Bertz CT molecular complexity index is 758. The van der Waals surface area contributed by atoms with Crippen molar-refractivity contribution in [2.75, 3.05) is 5.32 Å². The van der Waals surface area contributed by atoms with Crippen molar-refractivity contribution >= 4 is 17.3 Å². The first kappa shape index (κ1) is 14.7. The molecule has 1 amide bonds. The van der Waals surface area contributed by atoms with Crippen LogP contribution in [0.1, 0.15) is 16.1 Å². The number of pyridine rings is 2. The Hall–Kier alpha value is -3.21. The van der Waals surface area contributed by atoms with E-state index in [2.05, 4.69) is 20.6 Å². The van der Waals surface area contributed by atoms with Crippen molar-refractivity contribution in [3.63, 3.8) is 0 Å². The number of nitrogens with zero attached hydrogens (tertiary/aromatic N) is 2. The molecule has 0 saturated carbocycles. The van der Waals surface area contributed by atoms with Crippen molar-refractivity contribution in [1.82, 2.24) is 15.3 Å². The van der Waals surface area contributed by atoms with Crippen LogP contribution in [0, 0.1) is 0 Å². The fraction of sp³-hybridized carbons (Fsp3) is 0.0556. The molecule has 0 unspecified atom stereocenters. The molecule has 0 fully saturated rings. The normalized spacial score (nSPS) is 10.1. The Morgan fingerprint density at radius 1 is 0.913 bits per heavy atom. The number of hydrogen-bond acceptors (Lipinski definition) is 4. The maximum Gasteiger partial charge on any atom is 0.270 e. The summed E-state index contributed by atoms with van der Waals surface area (Å²) in [4.78, 5) is 20.3. The van der Waals surface area contributed by atoms with Gasteiger partial charge >= 0.3 is 0 Å². The summed E-state index contributed by atoms with van der Waals surface area (Å²) in [5.41, 5.74) is 3.14. The Morgan fingerprint density at radius 2 is 1.78 bits per heavy atom. The summed E-state index contributed by atoms with van der Waals surface area (Å²) in [5, 5.41) is 6.05. The molecule has 3 aromatic rings. The fourth-order valence-corrected chi connectivity index (χ4v) is 2.07. The first-order valence-corrected chi connectivity index (χ1v) is 7.26. The number of hydrogen-bond donors (Lipinski definition) is 2. The van der Waals surface area contributed by atoms with Gasteiger partial charge in [-0.25, -0.2) is 4.98 Å². The number of aromatic nitrogens is 2. The van der Waals surface area contributed by atoms with Crippen LogP contribution in [0.5, 0.6) is 0 Å². The fourth-order valence-electron chi connectivity index (χ4n) is 2.07. The van der Waals surface area contributed by atoms with E-state index in [1.54, 1.807) is 24.7 Å². The van der Waals surface area contributed by atoms with Gasteiger partial charge in [0.25, 0.3) is 5.91 Å². The van der Waals surface area contributed by atoms with E-state index in [9.17, 15) is 4.79 Å². The Morgan fingerprint density at radius 3 is 2.48 bits per heavy atom. The number of nitrogens with one attached hydrogen (secondary N) is 2. The Kier molecular flexibility index (Phi) is 4.59. The summed E-state index contributed by atoms with van der Waals surface area (Å²) < 4.78 is 0. The van der Waals surface area contributed by atoms with E-state index >= 15 is 0 Å². The highest BCUT2D eigenvalue weighted by Crippen LogP contribution is 2.15. The highest BCUT2D eigenvalue weighted by Gasteiger charge is 2.07. The summed E-state index contributed by atoms with van der Waals surface area (Å²) >= 11 is 0. The molecule has 0 bridgehead atoms. The van der Waals surface area contributed by atoms with Gasteiger partial charge < -0.3 is 10.6 Å². The highest BCUT2D eigenvalue weighted by atomic mass is 16.1. The van der Waals surface area contributed by atoms with E-state index in [-0.39, 0.29) is 5.91 Å². The molecule has 0 atom stereocenters.